The molecular formula is C10H17N5OS. The molecule has 1 aliphatic heterocycles. The second-order valence-electron chi connectivity index (χ2n) is 4.25. The summed E-state index contributed by atoms with van der Waals surface area (Å²) in [5.41, 5.74) is 5.64. The quantitative estimate of drug-likeness (QED) is 0.827. The van der Waals surface area contributed by atoms with Crippen molar-refractivity contribution in [3.63, 3.8) is 0 Å². The maximum absolute atomic E-state index is 12.0. The van der Waals surface area contributed by atoms with Crippen LogP contribution in [0.5, 0.6) is 0 Å². The van der Waals surface area contributed by atoms with Gasteiger partial charge in [-0.3, -0.25) is 5.32 Å². The van der Waals surface area contributed by atoms with E-state index in [4.69, 9.17) is 5.73 Å². The molecule has 0 aliphatic carbocycles. The Morgan fingerprint density at radius 1 is 1.65 bits per heavy atom. The zero-order valence-electron chi connectivity index (χ0n) is 9.85. The Balaban J connectivity index is 1.91. The Hall–Kier alpha value is -1.21. The molecule has 1 saturated heterocycles. The Labute approximate surface area is 104 Å². The molecule has 6 nitrogen and oxygen atoms in total. The van der Waals surface area contributed by atoms with Crippen LogP contribution in [0, 0.1) is 12.8 Å². The molecule has 17 heavy (non-hydrogen) atoms. The number of hydrogen-bond donors (Lipinski definition) is 2. The highest BCUT2D eigenvalue weighted by Crippen LogP contribution is 2.18. The first kappa shape index (κ1) is 12.3. The minimum absolute atomic E-state index is 0.0979. The number of rotatable bonds is 2. The van der Waals surface area contributed by atoms with Crippen molar-refractivity contribution in [3.05, 3.63) is 5.01 Å². The summed E-state index contributed by atoms with van der Waals surface area (Å²) < 4.78 is 0. The van der Waals surface area contributed by atoms with Crippen LogP contribution in [0.1, 0.15) is 17.8 Å². The van der Waals surface area contributed by atoms with Gasteiger partial charge in [0, 0.05) is 13.1 Å². The molecule has 2 rings (SSSR count). The zero-order chi connectivity index (χ0) is 12.3. The molecule has 0 bridgehead atoms. The van der Waals surface area contributed by atoms with Gasteiger partial charge in [0.05, 0.1) is 0 Å². The predicted molar refractivity (Wildman–Crippen MR) is 67.0 cm³/mol. The van der Waals surface area contributed by atoms with Gasteiger partial charge in [0.25, 0.3) is 0 Å². The number of nitrogens with two attached hydrogens (primary N) is 1. The van der Waals surface area contributed by atoms with Gasteiger partial charge in [-0.25, -0.2) is 4.79 Å². The number of amides is 2. The van der Waals surface area contributed by atoms with Crippen LogP contribution in [0.3, 0.4) is 0 Å². The van der Waals surface area contributed by atoms with Gasteiger partial charge >= 0.3 is 6.03 Å². The van der Waals surface area contributed by atoms with Crippen molar-refractivity contribution in [2.75, 3.05) is 25.0 Å². The van der Waals surface area contributed by atoms with E-state index in [1.54, 1.807) is 4.90 Å². The van der Waals surface area contributed by atoms with Gasteiger partial charge in [-0.2, -0.15) is 0 Å². The van der Waals surface area contributed by atoms with Gasteiger partial charge in [-0.15, -0.1) is 10.2 Å². The number of nitrogens with zero attached hydrogens (tertiary/aromatic N) is 3. The van der Waals surface area contributed by atoms with Gasteiger partial charge in [0.15, 0.2) is 0 Å². The van der Waals surface area contributed by atoms with Crippen LogP contribution < -0.4 is 11.1 Å². The van der Waals surface area contributed by atoms with Crippen molar-refractivity contribution in [2.24, 2.45) is 11.7 Å². The number of piperidine rings is 1. The topological polar surface area (TPSA) is 84.1 Å². The summed E-state index contributed by atoms with van der Waals surface area (Å²) in [6.45, 7) is 4.03. The molecule has 0 unspecified atom stereocenters. The van der Waals surface area contributed by atoms with Crippen molar-refractivity contribution in [1.29, 1.82) is 0 Å². The third-order valence-electron chi connectivity index (χ3n) is 2.88. The molecule has 7 heteroatoms. The SMILES string of the molecule is Cc1nnc(NC(=O)N2CCC[C@@H](CN)C2)s1. The Kier molecular flexibility index (Phi) is 3.90. The van der Waals surface area contributed by atoms with Crippen LogP contribution >= 0.6 is 11.3 Å². The van der Waals surface area contributed by atoms with Gasteiger partial charge in [0.2, 0.25) is 5.13 Å². The summed E-state index contributed by atoms with van der Waals surface area (Å²) in [6, 6.07) is -0.0979. The number of likely N-dealkylation sites (tertiary alicyclic amines) is 1. The minimum atomic E-state index is -0.0979. The van der Waals surface area contributed by atoms with Crippen molar-refractivity contribution >= 4 is 22.5 Å². The van der Waals surface area contributed by atoms with E-state index < -0.39 is 0 Å². The first-order valence-electron chi connectivity index (χ1n) is 5.75. The minimum Gasteiger partial charge on any atom is -0.330 e. The fourth-order valence-corrected chi connectivity index (χ4v) is 2.54. The van der Waals surface area contributed by atoms with E-state index in [2.05, 4.69) is 15.5 Å². The fourth-order valence-electron chi connectivity index (χ4n) is 1.96. The average Bonchev–Trinajstić information content (AvgIpc) is 2.75. The molecule has 0 aromatic carbocycles. The van der Waals surface area contributed by atoms with E-state index in [1.165, 1.54) is 11.3 Å². The molecule has 1 aromatic rings. The number of aromatic nitrogens is 2. The smallest absolute Gasteiger partial charge is 0.323 e. The first-order valence-corrected chi connectivity index (χ1v) is 6.57. The Morgan fingerprint density at radius 2 is 2.47 bits per heavy atom. The second-order valence-corrected chi connectivity index (χ2v) is 5.43. The first-order chi connectivity index (χ1) is 8.19. The number of nitrogens with one attached hydrogen (secondary N) is 1. The largest absolute Gasteiger partial charge is 0.330 e. The summed E-state index contributed by atoms with van der Waals surface area (Å²) in [6.07, 6.45) is 2.13. The lowest BCUT2D eigenvalue weighted by molar-refractivity contribution is 0.179. The highest BCUT2D eigenvalue weighted by molar-refractivity contribution is 7.15. The van der Waals surface area contributed by atoms with Crippen LogP contribution in [0.4, 0.5) is 9.93 Å². The lowest BCUT2D eigenvalue weighted by Gasteiger charge is -2.31. The van der Waals surface area contributed by atoms with Crippen LogP contribution in [0.2, 0.25) is 0 Å². The maximum atomic E-state index is 12.0. The third-order valence-corrected chi connectivity index (χ3v) is 3.63. The second kappa shape index (κ2) is 5.42. The van der Waals surface area contributed by atoms with Crippen molar-refractivity contribution in [2.45, 2.75) is 19.8 Å². The van der Waals surface area contributed by atoms with E-state index >= 15 is 0 Å². The molecule has 1 atom stereocenters. The molecular weight excluding hydrogens is 238 g/mol. The Morgan fingerprint density at radius 3 is 3.12 bits per heavy atom. The van der Waals surface area contributed by atoms with Crippen molar-refractivity contribution in [3.8, 4) is 0 Å². The molecule has 0 saturated carbocycles. The van der Waals surface area contributed by atoms with E-state index in [9.17, 15) is 4.79 Å². The summed E-state index contributed by atoms with van der Waals surface area (Å²) in [4.78, 5) is 13.8. The summed E-state index contributed by atoms with van der Waals surface area (Å²) in [7, 11) is 0. The summed E-state index contributed by atoms with van der Waals surface area (Å²) in [5, 5.41) is 11.9. The van der Waals surface area contributed by atoms with E-state index in [-0.39, 0.29) is 6.03 Å². The standard InChI is InChI=1S/C10H17N5OS/c1-7-13-14-9(17-7)12-10(16)15-4-2-3-8(5-11)6-15/h8H,2-6,11H2,1H3,(H,12,14,16)/t8-/m0/s1. The van der Waals surface area contributed by atoms with Crippen LogP contribution in [0.25, 0.3) is 0 Å². The van der Waals surface area contributed by atoms with Crippen LogP contribution in [-0.2, 0) is 0 Å². The maximum Gasteiger partial charge on any atom is 0.323 e. The molecule has 94 valence electrons. The number of hydrogen-bond acceptors (Lipinski definition) is 5. The Bertz CT molecular complexity index is 394. The molecule has 1 aliphatic rings. The monoisotopic (exact) mass is 255 g/mol. The number of anilines is 1. The van der Waals surface area contributed by atoms with Gasteiger partial charge in [-0.1, -0.05) is 11.3 Å². The van der Waals surface area contributed by atoms with E-state index in [0.717, 1.165) is 30.9 Å². The number of carbonyl (C=O) groups excluding carboxylic acids is 1. The van der Waals surface area contributed by atoms with Crippen molar-refractivity contribution < 1.29 is 4.79 Å². The van der Waals surface area contributed by atoms with Gasteiger partial charge in [0.1, 0.15) is 5.01 Å². The molecule has 1 fully saturated rings. The third kappa shape index (κ3) is 3.13. The zero-order valence-corrected chi connectivity index (χ0v) is 10.7. The highest BCUT2D eigenvalue weighted by Gasteiger charge is 2.23. The fraction of sp³-hybridized carbons (Fsp3) is 0.700. The predicted octanol–water partition coefficient (Wildman–Crippen LogP) is 1.05. The number of carbonyl (C=O) groups is 1. The molecule has 1 aromatic heterocycles. The normalized spacial score (nSPS) is 20.4. The van der Waals surface area contributed by atoms with E-state index in [1.807, 2.05) is 6.92 Å². The summed E-state index contributed by atoms with van der Waals surface area (Å²) >= 11 is 1.38. The molecule has 2 amide bonds. The van der Waals surface area contributed by atoms with Gasteiger partial charge in [-0.05, 0) is 32.2 Å². The molecule has 0 radical (unpaired) electrons. The lowest BCUT2D eigenvalue weighted by Crippen LogP contribution is -2.44. The number of aryl methyl sites for hydroxylation is 1. The van der Waals surface area contributed by atoms with Crippen LogP contribution in [-0.4, -0.2) is 40.8 Å². The lowest BCUT2D eigenvalue weighted by atomic mass is 9.99. The molecule has 0 spiro atoms. The average molecular weight is 255 g/mol. The van der Waals surface area contributed by atoms with Crippen LogP contribution in [0.15, 0.2) is 0 Å². The van der Waals surface area contributed by atoms with E-state index in [0.29, 0.717) is 17.6 Å². The molecule has 2 heterocycles. The van der Waals surface area contributed by atoms with Gasteiger partial charge < -0.3 is 10.6 Å². The molecule has 3 N–H and O–H groups in total. The highest BCUT2D eigenvalue weighted by atomic mass is 32.1. The van der Waals surface area contributed by atoms with Crippen molar-refractivity contribution in [1.82, 2.24) is 15.1 Å². The summed E-state index contributed by atoms with van der Waals surface area (Å²) in [5.74, 6) is 0.422. The number of urea groups is 1.